The van der Waals surface area contributed by atoms with Crippen LogP contribution in [-0.4, -0.2) is 47.7 Å². The molecule has 2 saturated heterocycles. The maximum Gasteiger partial charge on any atom is 0.228 e. The Morgan fingerprint density at radius 1 is 1.03 bits per heavy atom. The number of anilines is 1. The molecule has 160 valence electrons. The zero-order valence-electron chi connectivity index (χ0n) is 17.7. The van der Waals surface area contributed by atoms with Gasteiger partial charge in [0.2, 0.25) is 11.8 Å². The molecule has 31 heavy (non-hydrogen) atoms. The average molecular weight is 418 g/mol. The van der Waals surface area contributed by atoms with E-state index in [-0.39, 0.29) is 29.9 Å². The summed E-state index contributed by atoms with van der Waals surface area (Å²) in [6.45, 7) is 3.52. The van der Waals surface area contributed by atoms with Crippen molar-refractivity contribution in [3.05, 3.63) is 59.7 Å². The Bertz CT molecular complexity index is 1040. The van der Waals surface area contributed by atoms with E-state index in [0.717, 1.165) is 11.3 Å². The van der Waals surface area contributed by atoms with Crippen molar-refractivity contribution in [1.82, 2.24) is 4.90 Å². The number of amides is 2. The Morgan fingerprint density at radius 2 is 1.74 bits per heavy atom. The Labute approximate surface area is 181 Å². The highest BCUT2D eigenvalue weighted by Crippen LogP contribution is 2.39. The van der Waals surface area contributed by atoms with Gasteiger partial charge in [-0.05, 0) is 31.2 Å². The number of Topliss-reactive ketones (excluding diaryl/α,β-unsaturated/α-hetero) is 1. The highest BCUT2D eigenvalue weighted by molar-refractivity contribution is 6.01. The first kappa shape index (κ1) is 19.8. The number of benzene rings is 2. The largest absolute Gasteiger partial charge is 0.486 e. The van der Waals surface area contributed by atoms with Gasteiger partial charge in [0.05, 0.1) is 17.9 Å². The summed E-state index contributed by atoms with van der Waals surface area (Å²) < 4.78 is 6.26. The van der Waals surface area contributed by atoms with Gasteiger partial charge in [0.1, 0.15) is 11.4 Å². The number of nitrogens with zero attached hydrogens (tertiary/aromatic N) is 2. The highest BCUT2D eigenvalue weighted by Gasteiger charge is 2.45. The molecule has 0 bridgehead atoms. The summed E-state index contributed by atoms with van der Waals surface area (Å²) in [5.74, 6) is 0.455. The number of hydrogen-bond acceptors (Lipinski definition) is 4. The van der Waals surface area contributed by atoms with Crippen LogP contribution in [0.1, 0.15) is 41.6 Å². The van der Waals surface area contributed by atoms with Crippen LogP contribution in [0.25, 0.3) is 0 Å². The molecule has 5 rings (SSSR count). The van der Waals surface area contributed by atoms with Gasteiger partial charge in [-0.15, -0.1) is 0 Å². The molecule has 2 fully saturated rings. The second kappa shape index (κ2) is 7.52. The van der Waals surface area contributed by atoms with Crippen molar-refractivity contribution in [2.75, 3.05) is 24.5 Å². The van der Waals surface area contributed by atoms with Gasteiger partial charge in [-0.1, -0.05) is 29.8 Å². The monoisotopic (exact) mass is 418 g/mol. The molecular weight excluding hydrogens is 392 g/mol. The maximum atomic E-state index is 13.2. The fourth-order valence-electron chi connectivity index (χ4n) is 4.96. The normalized spacial score (nSPS) is 22.4. The van der Waals surface area contributed by atoms with Gasteiger partial charge in [0.25, 0.3) is 0 Å². The number of ketones is 1. The summed E-state index contributed by atoms with van der Waals surface area (Å²) in [6.07, 6.45) is 1.86. The fraction of sp³-hybridized carbons (Fsp3) is 0.400. The van der Waals surface area contributed by atoms with E-state index in [9.17, 15) is 14.4 Å². The second-order valence-electron chi connectivity index (χ2n) is 8.95. The van der Waals surface area contributed by atoms with Gasteiger partial charge < -0.3 is 14.5 Å². The van der Waals surface area contributed by atoms with E-state index in [4.69, 9.17) is 4.74 Å². The van der Waals surface area contributed by atoms with Crippen molar-refractivity contribution in [3.8, 4) is 5.75 Å². The van der Waals surface area contributed by atoms with E-state index in [1.165, 1.54) is 0 Å². The molecule has 0 aromatic heterocycles. The highest BCUT2D eigenvalue weighted by atomic mass is 16.5. The standard InChI is InChI=1S/C25H26N2O4/c1-17-6-8-19(9-7-17)27-16-18(14-23(27)29)24(30)26-12-10-25(11-13-26)15-21(28)20-4-2-3-5-22(20)31-25/h2-9,18H,10-16H2,1H3/t18-/m0/s1. The number of ether oxygens (including phenoxy) is 1. The molecule has 0 aliphatic carbocycles. The molecular formula is C25H26N2O4. The van der Waals surface area contributed by atoms with Crippen LogP contribution in [0.2, 0.25) is 0 Å². The molecule has 6 nitrogen and oxygen atoms in total. The van der Waals surface area contributed by atoms with E-state index >= 15 is 0 Å². The second-order valence-corrected chi connectivity index (χ2v) is 8.95. The quantitative estimate of drug-likeness (QED) is 0.750. The lowest BCUT2D eigenvalue weighted by Gasteiger charge is -2.44. The molecule has 0 saturated carbocycles. The zero-order chi connectivity index (χ0) is 21.6. The van der Waals surface area contributed by atoms with Crippen LogP contribution in [0.5, 0.6) is 5.75 Å². The first-order valence-electron chi connectivity index (χ1n) is 10.9. The molecule has 0 radical (unpaired) electrons. The van der Waals surface area contributed by atoms with Crippen molar-refractivity contribution in [2.45, 2.75) is 38.2 Å². The number of fused-ring (bicyclic) bond motifs is 1. The van der Waals surface area contributed by atoms with Gasteiger partial charge in [-0.3, -0.25) is 14.4 Å². The van der Waals surface area contributed by atoms with Crippen LogP contribution in [-0.2, 0) is 9.59 Å². The third-order valence-corrected chi connectivity index (χ3v) is 6.80. The van der Waals surface area contributed by atoms with Gasteiger partial charge in [-0.25, -0.2) is 0 Å². The molecule has 3 aliphatic rings. The van der Waals surface area contributed by atoms with Crippen LogP contribution >= 0.6 is 0 Å². The number of rotatable bonds is 2. The Balaban J connectivity index is 1.23. The van der Waals surface area contributed by atoms with E-state index in [2.05, 4.69) is 0 Å². The molecule has 3 aliphatic heterocycles. The summed E-state index contributed by atoms with van der Waals surface area (Å²) in [4.78, 5) is 41.9. The Hall–Kier alpha value is -3.15. The first-order valence-corrected chi connectivity index (χ1v) is 10.9. The first-order chi connectivity index (χ1) is 14.9. The summed E-state index contributed by atoms with van der Waals surface area (Å²) >= 11 is 0. The third-order valence-electron chi connectivity index (χ3n) is 6.80. The maximum absolute atomic E-state index is 13.2. The zero-order valence-corrected chi connectivity index (χ0v) is 17.7. The van der Waals surface area contributed by atoms with Crippen LogP contribution in [0, 0.1) is 12.8 Å². The summed E-state index contributed by atoms with van der Waals surface area (Å²) in [5.41, 5.74) is 2.10. The third kappa shape index (κ3) is 3.60. The smallest absolute Gasteiger partial charge is 0.228 e. The topological polar surface area (TPSA) is 66.9 Å². The lowest BCUT2D eigenvalue weighted by atomic mass is 9.82. The van der Waals surface area contributed by atoms with E-state index in [1.54, 1.807) is 11.0 Å². The van der Waals surface area contributed by atoms with Crippen molar-refractivity contribution in [3.63, 3.8) is 0 Å². The minimum atomic E-state index is -0.526. The SMILES string of the molecule is Cc1ccc(N2C[C@@H](C(=O)N3CCC4(CC3)CC(=O)c3ccccc3O4)CC2=O)cc1. The van der Waals surface area contributed by atoms with Crippen molar-refractivity contribution in [1.29, 1.82) is 0 Å². The van der Waals surface area contributed by atoms with Crippen LogP contribution in [0.4, 0.5) is 5.69 Å². The van der Waals surface area contributed by atoms with Gasteiger partial charge >= 0.3 is 0 Å². The summed E-state index contributed by atoms with van der Waals surface area (Å²) in [6, 6.07) is 15.2. The van der Waals surface area contributed by atoms with Crippen LogP contribution < -0.4 is 9.64 Å². The lowest BCUT2D eigenvalue weighted by molar-refractivity contribution is -0.139. The van der Waals surface area contributed by atoms with E-state index in [1.807, 2.05) is 54.3 Å². The number of carbonyl (C=O) groups excluding carboxylic acids is 3. The minimum absolute atomic E-state index is 0.00602. The van der Waals surface area contributed by atoms with E-state index < -0.39 is 5.60 Å². The molecule has 1 atom stereocenters. The van der Waals surface area contributed by atoms with E-state index in [0.29, 0.717) is 50.2 Å². The summed E-state index contributed by atoms with van der Waals surface area (Å²) in [5, 5.41) is 0. The van der Waals surface area contributed by atoms with Gasteiger partial charge in [0.15, 0.2) is 5.78 Å². The Kier molecular flexibility index (Phi) is 4.80. The number of aryl methyl sites for hydroxylation is 1. The van der Waals surface area contributed by atoms with Gasteiger partial charge in [0, 0.05) is 44.6 Å². The number of hydrogen-bond donors (Lipinski definition) is 0. The molecule has 0 N–H and O–H groups in total. The molecule has 2 aromatic carbocycles. The minimum Gasteiger partial charge on any atom is -0.486 e. The number of likely N-dealkylation sites (tertiary alicyclic amines) is 1. The average Bonchev–Trinajstić information content (AvgIpc) is 3.16. The van der Waals surface area contributed by atoms with Crippen LogP contribution in [0.3, 0.4) is 0 Å². The van der Waals surface area contributed by atoms with Crippen LogP contribution in [0.15, 0.2) is 48.5 Å². The number of para-hydroxylation sites is 1. The molecule has 1 spiro atoms. The molecule has 3 heterocycles. The molecule has 2 amide bonds. The van der Waals surface area contributed by atoms with Gasteiger partial charge in [-0.2, -0.15) is 0 Å². The predicted octanol–water partition coefficient (Wildman–Crippen LogP) is 3.37. The molecule has 2 aromatic rings. The van der Waals surface area contributed by atoms with Crippen molar-refractivity contribution >= 4 is 23.3 Å². The lowest BCUT2D eigenvalue weighted by Crippen LogP contribution is -2.53. The summed E-state index contributed by atoms with van der Waals surface area (Å²) in [7, 11) is 0. The number of carbonyl (C=O) groups is 3. The van der Waals surface area contributed by atoms with Crippen molar-refractivity contribution < 1.29 is 19.1 Å². The van der Waals surface area contributed by atoms with Crippen molar-refractivity contribution in [2.24, 2.45) is 5.92 Å². The fourth-order valence-corrected chi connectivity index (χ4v) is 4.96. The predicted molar refractivity (Wildman–Crippen MR) is 116 cm³/mol. The molecule has 0 unspecified atom stereocenters. The Morgan fingerprint density at radius 3 is 2.48 bits per heavy atom. The molecule has 6 heteroatoms. The number of piperidine rings is 1.